The quantitative estimate of drug-likeness (QED) is 0.885. The number of nitrogens with one attached hydrogen (secondary N) is 2. The first kappa shape index (κ1) is 13.8. The SMILES string of the molecule is CNC(c1ccc2c(c1)CCC(=O)N2)c1ccc(Br)s1. The second-order valence-corrected chi connectivity index (χ2v) is 7.32. The Morgan fingerprint density at radius 3 is 2.85 bits per heavy atom. The molecule has 0 saturated heterocycles. The third kappa shape index (κ3) is 2.66. The number of rotatable bonds is 3. The van der Waals surface area contributed by atoms with Crippen LogP contribution in [0.15, 0.2) is 34.1 Å². The first-order valence-corrected chi connectivity index (χ1v) is 8.13. The molecule has 1 unspecified atom stereocenters. The summed E-state index contributed by atoms with van der Waals surface area (Å²) >= 11 is 5.25. The van der Waals surface area contributed by atoms with Crippen LogP contribution in [0.2, 0.25) is 0 Å². The largest absolute Gasteiger partial charge is 0.326 e. The Morgan fingerprint density at radius 2 is 2.15 bits per heavy atom. The summed E-state index contributed by atoms with van der Waals surface area (Å²) in [5.74, 6) is 0.109. The van der Waals surface area contributed by atoms with E-state index in [-0.39, 0.29) is 11.9 Å². The van der Waals surface area contributed by atoms with Gasteiger partial charge in [0.15, 0.2) is 0 Å². The minimum Gasteiger partial charge on any atom is -0.326 e. The molecule has 3 nitrogen and oxygen atoms in total. The lowest BCUT2D eigenvalue weighted by molar-refractivity contribution is -0.116. The summed E-state index contributed by atoms with van der Waals surface area (Å²) in [5.41, 5.74) is 3.40. The molecular formula is C15H15BrN2OS. The van der Waals surface area contributed by atoms with Crippen molar-refractivity contribution in [3.05, 3.63) is 50.1 Å². The zero-order valence-electron chi connectivity index (χ0n) is 11.1. The van der Waals surface area contributed by atoms with E-state index >= 15 is 0 Å². The average molecular weight is 351 g/mol. The van der Waals surface area contributed by atoms with E-state index < -0.39 is 0 Å². The highest BCUT2D eigenvalue weighted by molar-refractivity contribution is 9.11. The van der Waals surface area contributed by atoms with Gasteiger partial charge in [0, 0.05) is 17.0 Å². The molecule has 2 aromatic rings. The molecule has 1 amide bonds. The van der Waals surface area contributed by atoms with E-state index in [1.165, 1.54) is 16.0 Å². The average Bonchev–Trinajstić information content (AvgIpc) is 2.86. The molecule has 0 fully saturated rings. The van der Waals surface area contributed by atoms with E-state index in [1.807, 2.05) is 13.1 Å². The zero-order valence-corrected chi connectivity index (χ0v) is 13.5. The molecular weight excluding hydrogens is 336 g/mol. The van der Waals surface area contributed by atoms with Crippen molar-refractivity contribution in [3.63, 3.8) is 0 Å². The summed E-state index contributed by atoms with van der Waals surface area (Å²) in [6.07, 6.45) is 1.39. The summed E-state index contributed by atoms with van der Waals surface area (Å²) in [6, 6.07) is 10.7. The highest BCUT2D eigenvalue weighted by Crippen LogP contribution is 2.33. The van der Waals surface area contributed by atoms with Crippen LogP contribution < -0.4 is 10.6 Å². The Bertz CT molecular complexity index is 653. The van der Waals surface area contributed by atoms with E-state index in [1.54, 1.807) is 11.3 Å². The van der Waals surface area contributed by atoms with Crippen LogP contribution in [0.3, 0.4) is 0 Å². The molecule has 1 aliphatic rings. The molecule has 2 heterocycles. The number of carbonyl (C=O) groups excluding carboxylic acids is 1. The Kier molecular flexibility index (Phi) is 3.92. The van der Waals surface area contributed by atoms with E-state index in [0.29, 0.717) is 6.42 Å². The molecule has 104 valence electrons. The smallest absolute Gasteiger partial charge is 0.224 e. The highest BCUT2D eigenvalue weighted by Gasteiger charge is 2.19. The number of benzene rings is 1. The highest BCUT2D eigenvalue weighted by atomic mass is 79.9. The summed E-state index contributed by atoms with van der Waals surface area (Å²) in [4.78, 5) is 12.7. The minimum atomic E-state index is 0.109. The maximum Gasteiger partial charge on any atom is 0.224 e. The number of thiophene rings is 1. The lowest BCUT2D eigenvalue weighted by Crippen LogP contribution is -2.21. The summed E-state index contributed by atoms with van der Waals surface area (Å²) in [5, 5.41) is 6.29. The van der Waals surface area contributed by atoms with Crippen LogP contribution in [0.1, 0.15) is 28.5 Å². The van der Waals surface area contributed by atoms with Gasteiger partial charge in [0.2, 0.25) is 5.91 Å². The fraction of sp³-hybridized carbons (Fsp3) is 0.267. The monoisotopic (exact) mass is 350 g/mol. The van der Waals surface area contributed by atoms with E-state index in [2.05, 4.69) is 50.8 Å². The second kappa shape index (κ2) is 5.68. The summed E-state index contributed by atoms with van der Waals surface area (Å²) in [6.45, 7) is 0. The predicted molar refractivity (Wildman–Crippen MR) is 86.3 cm³/mol. The van der Waals surface area contributed by atoms with Crippen LogP contribution in [-0.4, -0.2) is 13.0 Å². The molecule has 0 spiro atoms. The van der Waals surface area contributed by atoms with Crippen molar-refractivity contribution in [1.82, 2.24) is 5.32 Å². The molecule has 5 heteroatoms. The van der Waals surface area contributed by atoms with Gasteiger partial charge in [-0.05, 0) is 58.7 Å². The van der Waals surface area contributed by atoms with Crippen LogP contribution >= 0.6 is 27.3 Å². The fourth-order valence-corrected chi connectivity index (χ4v) is 4.10. The molecule has 1 atom stereocenters. The third-order valence-electron chi connectivity index (χ3n) is 3.53. The number of halogens is 1. The normalized spacial score (nSPS) is 15.6. The Hall–Kier alpha value is -1.17. The van der Waals surface area contributed by atoms with Gasteiger partial charge in [0.25, 0.3) is 0 Å². The molecule has 0 radical (unpaired) electrons. The van der Waals surface area contributed by atoms with Crippen molar-refractivity contribution < 1.29 is 4.79 Å². The number of anilines is 1. The summed E-state index contributed by atoms with van der Waals surface area (Å²) in [7, 11) is 1.97. The minimum absolute atomic E-state index is 0.109. The Labute approximate surface area is 130 Å². The first-order valence-electron chi connectivity index (χ1n) is 6.52. The van der Waals surface area contributed by atoms with Crippen LogP contribution in [0, 0.1) is 0 Å². The van der Waals surface area contributed by atoms with Crippen LogP contribution in [0.5, 0.6) is 0 Å². The van der Waals surface area contributed by atoms with Crippen molar-refractivity contribution in [2.24, 2.45) is 0 Å². The van der Waals surface area contributed by atoms with Gasteiger partial charge in [-0.25, -0.2) is 0 Å². The van der Waals surface area contributed by atoms with Gasteiger partial charge in [-0.1, -0.05) is 12.1 Å². The number of carbonyl (C=O) groups is 1. The molecule has 1 aromatic heterocycles. The maximum absolute atomic E-state index is 11.4. The summed E-state index contributed by atoms with van der Waals surface area (Å²) < 4.78 is 1.14. The van der Waals surface area contributed by atoms with Crippen LogP contribution in [0.25, 0.3) is 0 Å². The van der Waals surface area contributed by atoms with Crippen molar-refractivity contribution >= 4 is 38.9 Å². The molecule has 3 rings (SSSR count). The van der Waals surface area contributed by atoms with Gasteiger partial charge in [-0.2, -0.15) is 0 Å². The number of amides is 1. The van der Waals surface area contributed by atoms with Crippen molar-refractivity contribution in [2.75, 3.05) is 12.4 Å². The zero-order chi connectivity index (χ0) is 14.1. The topological polar surface area (TPSA) is 41.1 Å². The molecule has 0 saturated carbocycles. The third-order valence-corrected chi connectivity index (χ3v) is 5.21. The number of fused-ring (bicyclic) bond motifs is 1. The fourth-order valence-electron chi connectivity index (χ4n) is 2.54. The van der Waals surface area contributed by atoms with Gasteiger partial charge in [0.05, 0.1) is 9.83 Å². The number of hydrogen-bond acceptors (Lipinski definition) is 3. The first-order chi connectivity index (χ1) is 9.67. The molecule has 20 heavy (non-hydrogen) atoms. The van der Waals surface area contributed by atoms with Gasteiger partial charge in [-0.15, -0.1) is 11.3 Å². The van der Waals surface area contributed by atoms with Crippen LogP contribution in [-0.2, 0) is 11.2 Å². The van der Waals surface area contributed by atoms with Gasteiger partial charge in [0.1, 0.15) is 0 Å². The second-order valence-electron chi connectivity index (χ2n) is 4.83. The van der Waals surface area contributed by atoms with E-state index in [9.17, 15) is 4.79 Å². The van der Waals surface area contributed by atoms with E-state index in [0.717, 1.165) is 15.9 Å². The molecule has 1 aromatic carbocycles. The van der Waals surface area contributed by atoms with Gasteiger partial charge in [-0.3, -0.25) is 4.79 Å². The van der Waals surface area contributed by atoms with E-state index in [4.69, 9.17) is 0 Å². The molecule has 0 aliphatic carbocycles. The Morgan fingerprint density at radius 1 is 1.30 bits per heavy atom. The lowest BCUT2D eigenvalue weighted by Gasteiger charge is -2.21. The van der Waals surface area contributed by atoms with Crippen molar-refractivity contribution in [1.29, 1.82) is 0 Å². The standard InChI is InChI=1S/C15H15BrN2OS/c1-17-15(12-5-6-13(16)20-12)10-2-4-11-9(8-10)3-7-14(19)18-11/h2,4-6,8,15,17H,3,7H2,1H3,(H,18,19). The van der Waals surface area contributed by atoms with Crippen molar-refractivity contribution in [2.45, 2.75) is 18.9 Å². The van der Waals surface area contributed by atoms with Gasteiger partial charge < -0.3 is 10.6 Å². The van der Waals surface area contributed by atoms with Crippen molar-refractivity contribution in [3.8, 4) is 0 Å². The number of aryl methyl sites for hydroxylation is 1. The maximum atomic E-state index is 11.4. The predicted octanol–water partition coefficient (Wildman–Crippen LogP) is 3.70. The lowest BCUT2D eigenvalue weighted by atomic mass is 9.96. The number of hydrogen-bond donors (Lipinski definition) is 2. The molecule has 0 bridgehead atoms. The molecule has 2 N–H and O–H groups in total. The van der Waals surface area contributed by atoms with Gasteiger partial charge >= 0.3 is 0 Å². The molecule has 1 aliphatic heterocycles. The van der Waals surface area contributed by atoms with Crippen LogP contribution in [0.4, 0.5) is 5.69 Å². The Balaban J connectivity index is 1.95.